The number of hydrogen-bond acceptors (Lipinski definition) is 4. The van der Waals surface area contributed by atoms with Gasteiger partial charge in [0.2, 0.25) is 10.0 Å². The third-order valence-corrected chi connectivity index (χ3v) is 4.16. The number of rotatable bonds is 3. The smallest absolute Gasteiger partial charge is 0.354 e. The number of pyridine rings is 1. The van der Waals surface area contributed by atoms with Crippen LogP contribution in [0.15, 0.2) is 18.3 Å². The topological polar surface area (TPSA) is 96.4 Å². The average molecular weight is 258 g/mol. The second-order valence-electron chi connectivity index (χ2n) is 4.46. The van der Waals surface area contributed by atoms with Crippen LogP contribution in [0, 0.1) is 0 Å². The van der Waals surface area contributed by atoms with E-state index in [0.29, 0.717) is 0 Å². The highest BCUT2D eigenvalue weighted by molar-refractivity contribution is 7.94. The Morgan fingerprint density at radius 2 is 1.94 bits per heavy atom. The van der Waals surface area contributed by atoms with Gasteiger partial charge in [0.05, 0.1) is 16.6 Å². The third kappa shape index (κ3) is 3.16. The lowest BCUT2D eigenvalue weighted by Gasteiger charge is -2.20. The van der Waals surface area contributed by atoms with E-state index in [0.717, 1.165) is 0 Å². The Morgan fingerprint density at radius 1 is 1.35 bits per heavy atom. The van der Waals surface area contributed by atoms with Crippen molar-refractivity contribution in [3.63, 3.8) is 0 Å². The Kier molecular flexibility index (Phi) is 3.42. The van der Waals surface area contributed by atoms with Crippen molar-refractivity contribution in [1.82, 2.24) is 4.98 Å². The Bertz CT molecular complexity index is 514. The van der Waals surface area contributed by atoms with E-state index >= 15 is 0 Å². The fourth-order valence-corrected chi connectivity index (χ4v) is 1.63. The molecule has 0 amide bonds. The molecule has 0 spiro atoms. The summed E-state index contributed by atoms with van der Waals surface area (Å²) in [5.41, 5.74) is 0.105. The second-order valence-corrected chi connectivity index (χ2v) is 6.89. The minimum atomic E-state index is -3.52. The van der Waals surface area contributed by atoms with Crippen LogP contribution in [0.2, 0.25) is 0 Å². The quantitative estimate of drug-likeness (QED) is 0.852. The molecule has 0 saturated carbocycles. The van der Waals surface area contributed by atoms with Crippen molar-refractivity contribution < 1.29 is 18.3 Å². The maximum atomic E-state index is 11.8. The van der Waals surface area contributed by atoms with Gasteiger partial charge in [-0.15, -0.1) is 0 Å². The summed E-state index contributed by atoms with van der Waals surface area (Å²) < 4.78 is 25.0. The van der Waals surface area contributed by atoms with E-state index in [-0.39, 0.29) is 11.4 Å². The molecule has 1 rings (SSSR count). The van der Waals surface area contributed by atoms with Crippen molar-refractivity contribution >= 4 is 21.7 Å². The maximum absolute atomic E-state index is 11.8. The van der Waals surface area contributed by atoms with Gasteiger partial charge in [0.25, 0.3) is 0 Å². The Balaban J connectivity index is 2.95. The van der Waals surface area contributed by atoms with E-state index in [1.54, 1.807) is 20.8 Å². The largest absolute Gasteiger partial charge is 0.477 e. The van der Waals surface area contributed by atoms with Crippen LogP contribution in [0.3, 0.4) is 0 Å². The molecule has 7 heteroatoms. The zero-order valence-electron chi connectivity index (χ0n) is 9.76. The van der Waals surface area contributed by atoms with Crippen molar-refractivity contribution in [1.29, 1.82) is 0 Å². The lowest BCUT2D eigenvalue weighted by atomic mass is 10.3. The molecule has 17 heavy (non-hydrogen) atoms. The molecular formula is C10H14N2O4S. The van der Waals surface area contributed by atoms with E-state index in [2.05, 4.69) is 9.71 Å². The fraction of sp³-hybridized carbons (Fsp3) is 0.400. The molecule has 0 aliphatic carbocycles. The maximum Gasteiger partial charge on any atom is 0.354 e. The molecule has 0 saturated heterocycles. The number of carboxylic acid groups (broad SMARTS) is 1. The number of anilines is 1. The van der Waals surface area contributed by atoms with Crippen LogP contribution in [0.25, 0.3) is 0 Å². The normalized spacial score (nSPS) is 12.2. The first-order valence-corrected chi connectivity index (χ1v) is 6.33. The minimum Gasteiger partial charge on any atom is -0.477 e. The number of sulfonamides is 1. The van der Waals surface area contributed by atoms with Crippen LogP contribution in [-0.2, 0) is 10.0 Å². The molecule has 0 atom stereocenters. The van der Waals surface area contributed by atoms with Crippen molar-refractivity contribution in [3.8, 4) is 0 Å². The number of hydrogen-bond donors (Lipinski definition) is 2. The van der Waals surface area contributed by atoms with Gasteiger partial charge < -0.3 is 5.11 Å². The van der Waals surface area contributed by atoms with E-state index in [1.807, 2.05) is 0 Å². The molecule has 0 bridgehead atoms. The summed E-state index contributed by atoms with van der Waals surface area (Å²) >= 11 is 0. The summed E-state index contributed by atoms with van der Waals surface area (Å²) in [5, 5.41) is 8.64. The molecule has 0 radical (unpaired) electrons. The summed E-state index contributed by atoms with van der Waals surface area (Å²) in [5.74, 6) is -1.16. The Labute approximate surface area is 99.7 Å². The van der Waals surface area contributed by atoms with Crippen LogP contribution in [0.1, 0.15) is 31.3 Å². The van der Waals surface area contributed by atoms with Gasteiger partial charge in [-0.2, -0.15) is 0 Å². The fourth-order valence-electron chi connectivity index (χ4n) is 0.889. The molecule has 1 aromatic heterocycles. The highest BCUT2D eigenvalue weighted by Crippen LogP contribution is 2.18. The number of nitrogens with one attached hydrogen (secondary N) is 1. The minimum absolute atomic E-state index is 0.135. The van der Waals surface area contributed by atoms with Crippen LogP contribution in [-0.4, -0.2) is 29.2 Å². The summed E-state index contributed by atoms with van der Waals surface area (Å²) in [6.45, 7) is 4.69. The first-order chi connectivity index (χ1) is 7.63. The SMILES string of the molecule is CC(C)(C)S(=O)(=O)Nc1ccc(C(=O)O)nc1. The van der Waals surface area contributed by atoms with E-state index in [1.165, 1.54) is 18.3 Å². The van der Waals surface area contributed by atoms with Crippen LogP contribution in [0.5, 0.6) is 0 Å². The lowest BCUT2D eigenvalue weighted by Crippen LogP contribution is -2.33. The first-order valence-electron chi connectivity index (χ1n) is 4.85. The molecule has 0 unspecified atom stereocenters. The molecule has 94 valence electrons. The number of nitrogens with zero attached hydrogens (tertiary/aromatic N) is 1. The number of carboxylic acids is 1. The molecule has 1 aromatic rings. The first kappa shape index (κ1) is 13.4. The zero-order valence-corrected chi connectivity index (χ0v) is 10.6. The average Bonchev–Trinajstić information content (AvgIpc) is 2.16. The van der Waals surface area contributed by atoms with Crippen molar-refractivity contribution in [2.45, 2.75) is 25.5 Å². The van der Waals surface area contributed by atoms with Gasteiger partial charge >= 0.3 is 5.97 Å². The standard InChI is InChI=1S/C10H14N2O4S/c1-10(2,3)17(15,16)12-7-4-5-8(9(13)14)11-6-7/h4-6,12H,1-3H3,(H,13,14). The molecule has 0 aliphatic heterocycles. The molecule has 0 fully saturated rings. The van der Waals surface area contributed by atoms with Crippen molar-refractivity contribution in [2.24, 2.45) is 0 Å². The number of carbonyl (C=O) groups is 1. The van der Waals surface area contributed by atoms with Gasteiger partial charge in [-0.25, -0.2) is 18.2 Å². The number of aromatic carboxylic acids is 1. The highest BCUT2D eigenvalue weighted by Gasteiger charge is 2.28. The lowest BCUT2D eigenvalue weighted by molar-refractivity contribution is 0.0690. The number of aromatic nitrogens is 1. The van der Waals surface area contributed by atoms with Gasteiger partial charge in [0.1, 0.15) is 5.69 Å². The van der Waals surface area contributed by atoms with Gasteiger partial charge in [-0.1, -0.05) is 0 Å². The monoisotopic (exact) mass is 258 g/mol. The second kappa shape index (κ2) is 4.33. The van der Waals surface area contributed by atoms with Gasteiger partial charge in [0.15, 0.2) is 0 Å². The van der Waals surface area contributed by atoms with Crippen molar-refractivity contribution in [2.75, 3.05) is 4.72 Å². The van der Waals surface area contributed by atoms with Gasteiger partial charge in [0, 0.05) is 0 Å². The summed E-state index contributed by atoms with van der Waals surface area (Å²) in [6, 6.07) is 2.60. The van der Waals surface area contributed by atoms with Crippen molar-refractivity contribution in [3.05, 3.63) is 24.0 Å². The third-order valence-electron chi connectivity index (χ3n) is 2.04. The van der Waals surface area contributed by atoms with Gasteiger partial charge in [-0.05, 0) is 32.9 Å². The van der Waals surface area contributed by atoms with Crippen LogP contribution >= 0.6 is 0 Å². The summed E-state index contributed by atoms with van der Waals surface area (Å²) in [6.07, 6.45) is 1.17. The van der Waals surface area contributed by atoms with Crippen LogP contribution in [0.4, 0.5) is 5.69 Å². The molecule has 1 heterocycles. The van der Waals surface area contributed by atoms with E-state index in [4.69, 9.17) is 5.11 Å². The predicted octanol–water partition coefficient (Wildman–Crippen LogP) is 1.32. The molecule has 6 nitrogen and oxygen atoms in total. The molecule has 2 N–H and O–H groups in total. The van der Waals surface area contributed by atoms with E-state index in [9.17, 15) is 13.2 Å². The summed E-state index contributed by atoms with van der Waals surface area (Å²) in [7, 11) is -3.52. The molecule has 0 aromatic carbocycles. The Hall–Kier alpha value is -1.63. The Morgan fingerprint density at radius 3 is 2.29 bits per heavy atom. The van der Waals surface area contributed by atoms with Crippen LogP contribution < -0.4 is 4.72 Å². The molecule has 0 aliphatic rings. The molecular weight excluding hydrogens is 244 g/mol. The van der Waals surface area contributed by atoms with Gasteiger partial charge in [-0.3, -0.25) is 4.72 Å². The summed E-state index contributed by atoms with van der Waals surface area (Å²) in [4.78, 5) is 14.2. The predicted molar refractivity (Wildman–Crippen MR) is 63.5 cm³/mol. The highest BCUT2D eigenvalue weighted by atomic mass is 32.2. The van der Waals surface area contributed by atoms with E-state index < -0.39 is 20.7 Å². The zero-order chi connectivity index (χ0) is 13.3.